The molecule has 0 bridgehead atoms. The Morgan fingerprint density at radius 1 is 1.22 bits per heavy atom. The van der Waals surface area contributed by atoms with Crippen molar-refractivity contribution in [3.05, 3.63) is 48.0 Å². The second-order valence-electron chi connectivity index (χ2n) is 7.67. The summed E-state index contributed by atoms with van der Waals surface area (Å²) in [5, 5.41) is 0. The van der Waals surface area contributed by atoms with Crippen molar-refractivity contribution in [3.8, 4) is 17.1 Å². The Hall–Kier alpha value is -2.89. The molecule has 0 spiro atoms. The molecule has 1 saturated heterocycles. The van der Waals surface area contributed by atoms with Gasteiger partial charge in [0, 0.05) is 36.2 Å². The Bertz CT molecular complexity index is 823. The summed E-state index contributed by atoms with van der Waals surface area (Å²) >= 11 is 0. The minimum absolute atomic E-state index is 0.265. The predicted octanol–water partition coefficient (Wildman–Crippen LogP) is 3.81. The van der Waals surface area contributed by atoms with Crippen LogP contribution in [-0.4, -0.2) is 47.6 Å². The number of hydrogen-bond donors (Lipinski definition) is 0. The maximum atomic E-state index is 11.9. The van der Waals surface area contributed by atoms with Crippen LogP contribution in [0.25, 0.3) is 11.3 Å². The Labute approximate surface area is 159 Å². The van der Waals surface area contributed by atoms with E-state index in [9.17, 15) is 9.59 Å². The molecule has 2 heterocycles. The lowest BCUT2D eigenvalue weighted by atomic mass is 10.0. The third-order valence-electron chi connectivity index (χ3n) is 4.12. The number of rotatable bonds is 5. The van der Waals surface area contributed by atoms with Crippen LogP contribution in [0.3, 0.4) is 0 Å². The fourth-order valence-corrected chi connectivity index (χ4v) is 2.78. The van der Waals surface area contributed by atoms with Gasteiger partial charge in [0.25, 0.3) is 0 Å². The zero-order valence-electron chi connectivity index (χ0n) is 15.8. The number of benzene rings is 1. The molecular weight excluding hydrogens is 344 g/mol. The molecule has 0 aliphatic carbocycles. The van der Waals surface area contributed by atoms with E-state index in [1.165, 1.54) is 0 Å². The van der Waals surface area contributed by atoms with E-state index in [1.807, 2.05) is 45.0 Å². The lowest BCUT2D eigenvalue weighted by molar-refractivity contribution is -0.00807. The van der Waals surface area contributed by atoms with Crippen LogP contribution in [0.2, 0.25) is 0 Å². The van der Waals surface area contributed by atoms with E-state index in [4.69, 9.17) is 9.47 Å². The fraction of sp³-hybridized carbons (Fsp3) is 0.381. The van der Waals surface area contributed by atoms with Gasteiger partial charge in [-0.2, -0.15) is 0 Å². The molecule has 0 unspecified atom stereocenters. The van der Waals surface area contributed by atoms with E-state index >= 15 is 0 Å². The minimum atomic E-state index is -0.482. The second kappa shape index (κ2) is 7.78. The van der Waals surface area contributed by atoms with Gasteiger partial charge < -0.3 is 14.4 Å². The van der Waals surface area contributed by atoms with Crippen LogP contribution >= 0.6 is 0 Å². The van der Waals surface area contributed by atoms with Crippen LogP contribution in [0, 0.1) is 5.92 Å². The Morgan fingerprint density at radius 3 is 2.67 bits per heavy atom. The molecule has 0 N–H and O–H groups in total. The van der Waals surface area contributed by atoms with Crippen LogP contribution in [0.1, 0.15) is 31.1 Å². The number of aromatic nitrogens is 1. The second-order valence-corrected chi connectivity index (χ2v) is 7.67. The summed E-state index contributed by atoms with van der Waals surface area (Å²) in [7, 11) is 0. The molecule has 27 heavy (non-hydrogen) atoms. The Kier molecular flexibility index (Phi) is 5.44. The van der Waals surface area contributed by atoms with E-state index in [-0.39, 0.29) is 12.0 Å². The topological polar surface area (TPSA) is 68.7 Å². The average molecular weight is 368 g/mol. The maximum Gasteiger partial charge on any atom is 0.410 e. The highest BCUT2D eigenvalue weighted by Gasteiger charge is 2.34. The highest BCUT2D eigenvalue weighted by Crippen LogP contribution is 2.23. The number of nitrogens with zero attached hydrogens (tertiary/aromatic N) is 2. The Morgan fingerprint density at radius 2 is 1.96 bits per heavy atom. The highest BCUT2D eigenvalue weighted by atomic mass is 16.6. The predicted molar refractivity (Wildman–Crippen MR) is 102 cm³/mol. The highest BCUT2D eigenvalue weighted by molar-refractivity contribution is 5.78. The molecule has 0 saturated carbocycles. The van der Waals surface area contributed by atoms with Crippen molar-refractivity contribution in [1.29, 1.82) is 0 Å². The SMILES string of the molecule is CC(C)(C)OC(=O)N1CC(COc2cccc(-c3cccc(C=O)c3)n2)C1. The standard InChI is InChI=1S/C21H24N2O4/c1-21(2,3)27-20(25)23-11-16(12-23)14-26-19-9-5-8-18(22-19)17-7-4-6-15(10-17)13-24/h4-10,13,16H,11-12,14H2,1-3H3. The van der Waals surface area contributed by atoms with Gasteiger partial charge in [0.2, 0.25) is 5.88 Å². The van der Waals surface area contributed by atoms with Crippen molar-refractivity contribution < 1.29 is 19.1 Å². The Balaban J connectivity index is 1.53. The van der Waals surface area contributed by atoms with Gasteiger partial charge in [-0.05, 0) is 32.9 Å². The first-order valence-electron chi connectivity index (χ1n) is 8.97. The fourth-order valence-electron chi connectivity index (χ4n) is 2.78. The summed E-state index contributed by atoms with van der Waals surface area (Å²) in [6.45, 7) is 7.30. The minimum Gasteiger partial charge on any atom is -0.477 e. The number of carbonyl (C=O) groups is 2. The molecular formula is C21H24N2O4. The average Bonchev–Trinajstić information content (AvgIpc) is 2.59. The summed E-state index contributed by atoms with van der Waals surface area (Å²) in [5.74, 6) is 0.793. The summed E-state index contributed by atoms with van der Waals surface area (Å²) in [6, 6.07) is 12.8. The molecule has 1 fully saturated rings. The summed E-state index contributed by atoms with van der Waals surface area (Å²) < 4.78 is 11.1. The lowest BCUT2D eigenvalue weighted by Gasteiger charge is -2.39. The van der Waals surface area contributed by atoms with Gasteiger partial charge in [0.05, 0.1) is 12.3 Å². The summed E-state index contributed by atoms with van der Waals surface area (Å²) in [4.78, 5) is 29.1. The van der Waals surface area contributed by atoms with Gasteiger partial charge in [-0.25, -0.2) is 9.78 Å². The number of ether oxygens (including phenoxy) is 2. The number of aldehydes is 1. The van der Waals surface area contributed by atoms with Crippen molar-refractivity contribution in [2.75, 3.05) is 19.7 Å². The molecule has 0 atom stereocenters. The van der Waals surface area contributed by atoms with Crippen LogP contribution < -0.4 is 4.74 Å². The first kappa shape index (κ1) is 18.9. The van der Waals surface area contributed by atoms with Gasteiger partial charge in [-0.15, -0.1) is 0 Å². The van der Waals surface area contributed by atoms with Crippen LogP contribution in [0.15, 0.2) is 42.5 Å². The third kappa shape index (κ3) is 5.06. The number of likely N-dealkylation sites (tertiary alicyclic amines) is 1. The van der Waals surface area contributed by atoms with Crippen molar-refractivity contribution in [3.63, 3.8) is 0 Å². The zero-order chi connectivity index (χ0) is 19.4. The summed E-state index contributed by atoms with van der Waals surface area (Å²) in [6.07, 6.45) is 0.533. The van der Waals surface area contributed by atoms with Crippen LogP contribution in [0.5, 0.6) is 5.88 Å². The molecule has 1 aromatic heterocycles. The quantitative estimate of drug-likeness (QED) is 0.751. The van der Waals surface area contributed by atoms with Gasteiger partial charge >= 0.3 is 6.09 Å². The van der Waals surface area contributed by atoms with E-state index in [2.05, 4.69) is 4.98 Å². The first-order chi connectivity index (χ1) is 12.8. The smallest absolute Gasteiger partial charge is 0.410 e. The van der Waals surface area contributed by atoms with E-state index in [1.54, 1.807) is 23.1 Å². The largest absolute Gasteiger partial charge is 0.477 e. The van der Waals surface area contributed by atoms with Gasteiger partial charge in [0.1, 0.15) is 11.9 Å². The molecule has 142 valence electrons. The first-order valence-corrected chi connectivity index (χ1v) is 8.97. The van der Waals surface area contributed by atoms with E-state index in [0.29, 0.717) is 31.1 Å². The van der Waals surface area contributed by atoms with Crippen molar-refractivity contribution in [2.45, 2.75) is 26.4 Å². The van der Waals surface area contributed by atoms with Gasteiger partial charge in [-0.1, -0.05) is 24.3 Å². The third-order valence-corrected chi connectivity index (χ3v) is 4.12. The van der Waals surface area contributed by atoms with Gasteiger partial charge in [-0.3, -0.25) is 4.79 Å². The molecule has 2 aromatic rings. The molecule has 1 amide bonds. The molecule has 3 rings (SSSR count). The molecule has 1 aliphatic heterocycles. The molecule has 0 radical (unpaired) electrons. The molecule has 1 aliphatic rings. The van der Waals surface area contributed by atoms with E-state index < -0.39 is 5.60 Å². The van der Waals surface area contributed by atoms with E-state index in [0.717, 1.165) is 17.5 Å². The van der Waals surface area contributed by atoms with Crippen LogP contribution in [0.4, 0.5) is 4.79 Å². The number of hydrogen-bond acceptors (Lipinski definition) is 5. The monoisotopic (exact) mass is 368 g/mol. The lowest BCUT2D eigenvalue weighted by Crippen LogP contribution is -2.53. The van der Waals surface area contributed by atoms with Crippen molar-refractivity contribution >= 4 is 12.4 Å². The van der Waals surface area contributed by atoms with Crippen molar-refractivity contribution in [1.82, 2.24) is 9.88 Å². The maximum absolute atomic E-state index is 11.9. The number of amides is 1. The molecule has 1 aromatic carbocycles. The van der Waals surface area contributed by atoms with Crippen molar-refractivity contribution in [2.24, 2.45) is 5.92 Å². The summed E-state index contributed by atoms with van der Waals surface area (Å²) in [5.41, 5.74) is 1.74. The van der Waals surface area contributed by atoms with Gasteiger partial charge in [0.15, 0.2) is 0 Å². The van der Waals surface area contributed by atoms with Crippen LogP contribution in [-0.2, 0) is 4.74 Å². The number of pyridine rings is 1. The molecule has 6 nitrogen and oxygen atoms in total. The zero-order valence-corrected chi connectivity index (χ0v) is 15.8. The number of carbonyl (C=O) groups excluding carboxylic acids is 2. The normalized spacial score (nSPS) is 14.4. The molecule has 6 heteroatoms.